The van der Waals surface area contributed by atoms with Gasteiger partial charge in [-0.2, -0.15) is 0 Å². The van der Waals surface area contributed by atoms with E-state index in [1.165, 1.54) is 0 Å². The zero-order valence-electron chi connectivity index (χ0n) is 10.7. The minimum absolute atomic E-state index is 0.0702. The summed E-state index contributed by atoms with van der Waals surface area (Å²) in [5, 5.41) is 18.3. The lowest BCUT2D eigenvalue weighted by Gasteiger charge is -2.27. The highest BCUT2D eigenvalue weighted by Crippen LogP contribution is 2.24. The molecule has 0 aromatic heterocycles. The lowest BCUT2D eigenvalue weighted by molar-refractivity contribution is 0.191. The number of aliphatic hydroxyl groups excluding tert-OH is 2. The number of rotatable bonds is 6. The molecule has 1 aromatic rings. The van der Waals surface area contributed by atoms with Crippen molar-refractivity contribution in [3.8, 4) is 5.75 Å². The van der Waals surface area contributed by atoms with Crippen molar-refractivity contribution in [3.05, 3.63) is 23.8 Å². The molecule has 2 N–H and O–H groups in total. The molecule has 1 rings (SSSR count). The number of aliphatic hydroxyl groups is 2. The molecule has 0 fully saturated rings. The molecule has 96 valence electrons. The molecule has 0 unspecified atom stereocenters. The molecular formula is C13H21NO3. The van der Waals surface area contributed by atoms with Crippen LogP contribution in [0.15, 0.2) is 18.2 Å². The van der Waals surface area contributed by atoms with Gasteiger partial charge in [0.25, 0.3) is 0 Å². The highest BCUT2D eigenvalue weighted by atomic mass is 16.5. The summed E-state index contributed by atoms with van der Waals surface area (Å²) in [6, 6.07) is 5.56. The van der Waals surface area contributed by atoms with E-state index in [9.17, 15) is 0 Å². The van der Waals surface area contributed by atoms with Gasteiger partial charge in [-0.05, 0) is 37.6 Å². The van der Waals surface area contributed by atoms with Crippen LogP contribution in [-0.4, -0.2) is 43.1 Å². The predicted molar refractivity (Wildman–Crippen MR) is 68.7 cm³/mol. The highest BCUT2D eigenvalue weighted by Gasteiger charge is 2.13. The molecule has 0 heterocycles. The van der Waals surface area contributed by atoms with Crippen molar-refractivity contribution in [2.75, 3.05) is 31.8 Å². The molecule has 0 radical (unpaired) electrons. The molecule has 17 heavy (non-hydrogen) atoms. The Morgan fingerprint density at radius 3 is 2.41 bits per heavy atom. The Balaban J connectivity index is 2.88. The van der Waals surface area contributed by atoms with Crippen molar-refractivity contribution < 1.29 is 14.9 Å². The van der Waals surface area contributed by atoms with Gasteiger partial charge in [-0.15, -0.1) is 0 Å². The van der Waals surface area contributed by atoms with Gasteiger partial charge in [-0.25, -0.2) is 0 Å². The van der Waals surface area contributed by atoms with Crippen LogP contribution in [0.2, 0.25) is 0 Å². The standard InChI is InChI=1S/C13H21NO3/c1-4-17-13-6-5-11(7-10(13)2)14(3)12(8-15)9-16/h5-7,12,15-16H,4,8-9H2,1-3H3. The lowest BCUT2D eigenvalue weighted by Crippen LogP contribution is -2.37. The minimum atomic E-state index is -0.271. The van der Waals surface area contributed by atoms with Crippen molar-refractivity contribution in [2.45, 2.75) is 19.9 Å². The van der Waals surface area contributed by atoms with Gasteiger partial charge in [0.15, 0.2) is 0 Å². The summed E-state index contributed by atoms with van der Waals surface area (Å²) in [7, 11) is 1.85. The molecule has 0 bridgehead atoms. The molecule has 0 saturated heterocycles. The van der Waals surface area contributed by atoms with Crippen LogP contribution in [-0.2, 0) is 0 Å². The molecule has 4 heteroatoms. The SMILES string of the molecule is CCOc1ccc(N(C)C(CO)CO)cc1C. The van der Waals surface area contributed by atoms with Crippen molar-refractivity contribution in [1.29, 1.82) is 0 Å². The molecule has 0 aliphatic rings. The molecule has 0 saturated carbocycles. The van der Waals surface area contributed by atoms with Crippen molar-refractivity contribution in [1.82, 2.24) is 0 Å². The van der Waals surface area contributed by atoms with E-state index in [1.807, 2.05) is 44.0 Å². The van der Waals surface area contributed by atoms with E-state index in [2.05, 4.69) is 0 Å². The van der Waals surface area contributed by atoms with E-state index in [-0.39, 0.29) is 19.3 Å². The van der Waals surface area contributed by atoms with Crippen LogP contribution < -0.4 is 9.64 Å². The number of hydrogen-bond acceptors (Lipinski definition) is 4. The molecule has 1 aromatic carbocycles. The van der Waals surface area contributed by atoms with Crippen LogP contribution in [0.25, 0.3) is 0 Å². The fourth-order valence-corrected chi connectivity index (χ4v) is 1.68. The van der Waals surface area contributed by atoms with Crippen molar-refractivity contribution in [2.24, 2.45) is 0 Å². The number of benzene rings is 1. The Labute approximate surface area is 102 Å². The minimum Gasteiger partial charge on any atom is -0.494 e. The number of anilines is 1. The van der Waals surface area contributed by atoms with E-state index >= 15 is 0 Å². The fourth-order valence-electron chi connectivity index (χ4n) is 1.68. The number of nitrogens with zero attached hydrogens (tertiary/aromatic N) is 1. The quantitative estimate of drug-likeness (QED) is 0.783. The first-order chi connectivity index (χ1) is 8.13. The summed E-state index contributed by atoms with van der Waals surface area (Å²) < 4.78 is 5.47. The molecular weight excluding hydrogens is 218 g/mol. The van der Waals surface area contributed by atoms with Gasteiger partial charge in [0.2, 0.25) is 0 Å². The van der Waals surface area contributed by atoms with E-state index in [1.54, 1.807) is 0 Å². The third-order valence-corrected chi connectivity index (χ3v) is 2.83. The Morgan fingerprint density at radius 1 is 1.29 bits per heavy atom. The first-order valence-corrected chi connectivity index (χ1v) is 5.82. The van der Waals surface area contributed by atoms with Crippen molar-refractivity contribution >= 4 is 5.69 Å². The Kier molecular flexibility index (Phi) is 5.25. The van der Waals surface area contributed by atoms with Crippen LogP contribution in [0.3, 0.4) is 0 Å². The summed E-state index contributed by atoms with van der Waals surface area (Å²) in [5.74, 6) is 0.870. The van der Waals surface area contributed by atoms with E-state index < -0.39 is 0 Å². The number of likely N-dealkylation sites (N-methyl/N-ethyl adjacent to an activating group) is 1. The normalized spacial score (nSPS) is 10.7. The second-order valence-corrected chi connectivity index (χ2v) is 4.01. The third-order valence-electron chi connectivity index (χ3n) is 2.83. The third kappa shape index (κ3) is 3.35. The lowest BCUT2D eigenvalue weighted by atomic mass is 10.1. The number of hydrogen-bond donors (Lipinski definition) is 2. The summed E-state index contributed by atoms with van der Waals surface area (Å²) in [5.41, 5.74) is 2.00. The zero-order chi connectivity index (χ0) is 12.8. The summed E-state index contributed by atoms with van der Waals surface area (Å²) in [6.45, 7) is 4.44. The van der Waals surface area contributed by atoms with Gasteiger partial charge in [0.05, 0.1) is 25.9 Å². The maximum atomic E-state index is 9.14. The van der Waals surface area contributed by atoms with E-state index in [0.717, 1.165) is 17.0 Å². The summed E-state index contributed by atoms with van der Waals surface area (Å²) in [6.07, 6.45) is 0. The first kappa shape index (κ1) is 13.8. The van der Waals surface area contributed by atoms with Crippen LogP contribution in [0, 0.1) is 6.92 Å². The van der Waals surface area contributed by atoms with Gasteiger partial charge in [-0.1, -0.05) is 0 Å². The second kappa shape index (κ2) is 6.47. The van der Waals surface area contributed by atoms with Crippen LogP contribution in [0.4, 0.5) is 5.69 Å². The zero-order valence-corrected chi connectivity index (χ0v) is 10.7. The molecule has 4 nitrogen and oxygen atoms in total. The summed E-state index contributed by atoms with van der Waals surface area (Å²) in [4.78, 5) is 1.86. The van der Waals surface area contributed by atoms with E-state index in [4.69, 9.17) is 14.9 Å². The van der Waals surface area contributed by atoms with Gasteiger partial charge in [0.1, 0.15) is 5.75 Å². The monoisotopic (exact) mass is 239 g/mol. The van der Waals surface area contributed by atoms with Gasteiger partial charge >= 0.3 is 0 Å². The fraction of sp³-hybridized carbons (Fsp3) is 0.538. The van der Waals surface area contributed by atoms with Gasteiger partial charge < -0.3 is 19.8 Å². The van der Waals surface area contributed by atoms with Gasteiger partial charge in [0, 0.05) is 12.7 Å². The molecule has 0 atom stereocenters. The van der Waals surface area contributed by atoms with E-state index in [0.29, 0.717) is 6.61 Å². The Bertz CT molecular complexity index is 351. The number of ether oxygens (including phenoxy) is 1. The van der Waals surface area contributed by atoms with Crippen LogP contribution in [0.1, 0.15) is 12.5 Å². The van der Waals surface area contributed by atoms with Gasteiger partial charge in [-0.3, -0.25) is 0 Å². The smallest absolute Gasteiger partial charge is 0.122 e. The van der Waals surface area contributed by atoms with Crippen molar-refractivity contribution in [3.63, 3.8) is 0 Å². The molecule has 0 amide bonds. The predicted octanol–water partition coefficient (Wildman–Crippen LogP) is 1.18. The maximum absolute atomic E-state index is 9.14. The Hall–Kier alpha value is -1.26. The second-order valence-electron chi connectivity index (χ2n) is 4.01. The maximum Gasteiger partial charge on any atom is 0.122 e. The van der Waals surface area contributed by atoms with Crippen LogP contribution >= 0.6 is 0 Å². The molecule has 0 spiro atoms. The average molecular weight is 239 g/mol. The number of aryl methyl sites for hydroxylation is 1. The first-order valence-electron chi connectivity index (χ1n) is 5.82. The summed E-state index contributed by atoms with van der Waals surface area (Å²) >= 11 is 0. The van der Waals surface area contributed by atoms with Crippen LogP contribution in [0.5, 0.6) is 5.75 Å². The largest absolute Gasteiger partial charge is 0.494 e. The molecule has 0 aliphatic carbocycles. The average Bonchev–Trinajstić information content (AvgIpc) is 2.33. The molecule has 0 aliphatic heterocycles. The Morgan fingerprint density at radius 2 is 1.94 bits per heavy atom. The highest BCUT2D eigenvalue weighted by molar-refractivity contribution is 5.53. The topological polar surface area (TPSA) is 52.9 Å².